The molecule has 5 rings (SSSR count). The summed E-state index contributed by atoms with van der Waals surface area (Å²) >= 11 is 6.28. The van der Waals surface area contributed by atoms with Gasteiger partial charge in [0.1, 0.15) is 13.2 Å². The van der Waals surface area contributed by atoms with Gasteiger partial charge in [0.2, 0.25) is 0 Å². The van der Waals surface area contributed by atoms with Gasteiger partial charge < -0.3 is 18.8 Å². The predicted molar refractivity (Wildman–Crippen MR) is 120 cm³/mol. The lowest BCUT2D eigenvalue weighted by Crippen LogP contribution is -2.46. The lowest BCUT2D eigenvalue weighted by atomic mass is 10.0. The van der Waals surface area contributed by atoms with Crippen LogP contribution in [0.25, 0.3) is 11.0 Å². The zero-order chi connectivity index (χ0) is 20.5. The number of nitrogens with zero attached hydrogens (tertiary/aromatic N) is 2. The molecule has 1 aromatic heterocycles. The van der Waals surface area contributed by atoms with E-state index in [9.17, 15) is 0 Å². The number of rotatable bonds is 5. The summed E-state index contributed by atoms with van der Waals surface area (Å²) in [6.07, 6.45) is 3.99. The Bertz CT molecular complexity index is 1040. The van der Waals surface area contributed by atoms with Gasteiger partial charge in [0.15, 0.2) is 17.1 Å². The highest BCUT2D eigenvalue weighted by Gasteiger charge is 2.23. The van der Waals surface area contributed by atoms with Crippen LogP contribution in [0.4, 0.5) is 5.69 Å². The molecule has 158 valence electrons. The molecule has 0 aliphatic carbocycles. The fourth-order valence-corrected chi connectivity index (χ4v) is 4.76. The second-order valence-corrected chi connectivity index (χ2v) is 8.47. The Morgan fingerprint density at radius 1 is 1.00 bits per heavy atom. The van der Waals surface area contributed by atoms with Crippen LogP contribution in [0.5, 0.6) is 11.5 Å². The Morgan fingerprint density at radius 3 is 2.70 bits per heavy atom. The van der Waals surface area contributed by atoms with Crippen molar-refractivity contribution in [1.82, 2.24) is 4.90 Å². The van der Waals surface area contributed by atoms with Crippen LogP contribution in [0.15, 0.2) is 41.0 Å². The molecular formula is C24H27ClN2O3. The highest BCUT2D eigenvalue weighted by atomic mass is 35.5. The van der Waals surface area contributed by atoms with Crippen LogP contribution < -0.4 is 14.4 Å². The summed E-state index contributed by atoms with van der Waals surface area (Å²) in [5, 5.41) is 1.87. The van der Waals surface area contributed by atoms with Gasteiger partial charge in [-0.2, -0.15) is 0 Å². The van der Waals surface area contributed by atoms with Crippen LogP contribution in [0.2, 0.25) is 5.02 Å². The van der Waals surface area contributed by atoms with Crippen molar-refractivity contribution in [3.63, 3.8) is 0 Å². The number of fused-ring (bicyclic) bond motifs is 2. The van der Waals surface area contributed by atoms with Gasteiger partial charge in [-0.15, -0.1) is 0 Å². The number of halogens is 1. The van der Waals surface area contributed by atoms with Gasteiger partial charge in [0.25, 0.3) is 0 Å². The maximum Gasteiger partial charge on any atom is 0.184 e. The summed E-state index contributed by atoms with van der Waals surface area (Å²) in [5.41, 5.74) is 4.46. The Labute approximate surface area is 182 Å². The molecule has 2 aliphatic rings. The molecule has 0 atom stereocenters. The van der Waals surface area contributed by atoms with E-state index in [0.29, 0.717) is 18.2 Å². The average Bonchev–Trinajstić information content (AvgIpc) is 3.22. The van der Waals surface area contributed by atoms with Gasteiger partial charge in [-0.25, -0.2) is 0 Å². The van der Waals surface area contributed by atoms with E-state index in [1.54, 1.807) is 0 Å². The molecule has 0 spiro atoms. The molecule has 5 nitrogen and oxygen atoms in total. The van der Waals surface area contributed by atoms with E-state index in [1.807, 2.05) is 18.4 Å². The molecule has 0 bridgehead atoms. The topological polar surface area (TPSA) is 38.1 Å². The molecule has 1 saturated heterocycles. The Hall–Kier alpha value is -2.37. The number of hydrogen-bond donors (Lipinski definition) is 0. The molecule has 0 amide bonds. The van der Waals surface area contributed by atoms with Gasteiger partial charge in [-0.3, -0.25) is 4.90 Å². The minimum Gasteiger partial charge on any atom is -0.486 e. The maximum atomic E-state index is 6.28. The van der Waals surface area contributed by atoms with Crippen molar-refractivity contribution in [3.8, 4) is 11.5 Å². The SMILES string of the molecule is Cc1ccc(Cl)c2occ(CCCN3CCN(c4cccc5c4OCCO5)CC3)c12. The van der Waals surface area contributed by atoms with Gasteiger partial charge in [-0.05, 0) is 55.6 Å². The summed E-state index contributed by atoms with van der Waals surface area (Å²) in [4.78, 5) is 4.96. The highest BCUT2D eigenvalue weighted by molar-refractivity contribution is 6.35. The fourth-order valence-electron chi connectivity index (χ4n) is 4.56. The normalized spacial score (nSPS) is 16.9. The summed E-state index contributed by atoms with van der Waals surface area (Å²) < 4.78 is 17.4. The molecular weight excluding hydrogens is 400 g/mol. The van der Waals surface area contributed by atoms with E-state index >= 15 is 0 Å². The molecule has 3 aromatic rings. The second kappa shape index (κ2) is 8.40. The third-order valence-electron chi connectivity index (χ3n) is 6.14. The molecule has 0 saturated carbocycles. The van der Waals surface area contributed by atoms with Gasteiger partial charge >= 0.3 is 0 Å². The van der Waals surface area contributed by atoms with Crippen molar-refractivity contribution >= 4 is 28.3 Å². The van der Waals surface area contributed by atoms with Crippen molar-refractivity contribution in [1.29, 1.82) is 0 Å². The molecule has 3 heterocycles. The third kappa shape index (κ3) is 3.72. The summed E-state index contributed by atoms with van der Waals surface area (Å²) in [6, 6.07) is 10.2. The Kier molecular flexibility index (Phi) is 5.48. The number of furan rings is 1. The first-order valence-corrected chi connectivity index (χ1v) is 11.1. The monoisotopic (exact) mass is 426 g/mol. The lowest BCUT2D eigenvalue weighted by Gasteiger charge is -2.37. The van der Waals surface area contributed by atoms with Crippen molar-refractivity contribution in [2.45, 2.75) is 19.8 Å². The second-order valence-electron chi connectivity index (χ2n) is 8.06. The summed E-state index contributed by atoms with van der Waals surface area (Å²) in [5.74, 6) is 1.77. The Balaban J connectivity index is 1.17. The third-order valence-corrected chi connectivity index (χ3v) is 6.43. The number of hydrogen-bond acceptors (Lipinski definition) is 5. The van der Waals surface area contributed by atoms with E-state index in [4.69, 9.17) is 25.5 Å². The Morgan fingerprint density at radius 2 is 1.83 bits per heavy atom. The van der Waals surface area contributed by atoms with Crippen LogP contribution in [0.3, 0.4) is 0 Å². The number of piperazine rings is 1. The number of ether oxygens (including phenoxy) is 2. The minimum absolute atomic E-state index is 0.622. The first-order valence-electron chi connectivity index (χ1n) is 10.7. The van der Waals surface area contributed by atoms with Crippen molar-refractivity contribution in [2.24, 2.45) is 0 Å². The quantitative estimate of drug-likeness (QED) is 0.578. The number of anilines is 1. The van der Waals surface area contributed by atoms with Gasteiger partial charge in [-0.1, -0.05) is 23.7 Å². The molecule has 30 heavy (non-hydrogen) atoms. The highest BCUT2D eigenvalue weighted by Crippen LogP contribution is 2.39. The molecule has 1 fully saturated rings. The van der Waals surface area contributed by atoms with E-state index in [1.165, 1.54) is 16.5 Å². The summed E-state index contributed by atoms with van der Waals surface area (Å²) in [7, 11) is 0. The van der Waals surface area contributed by atoms with Gasteiger partial charge in [0.05, 0.1) is 17.0 Å². The largest absolute Gasteiger partial charge is 0.486 e. The van der Waals surface area contributed by atoms with Crippen molar-refractivity contribution < 1.29 is 13.9 Å². The van der Waals surface area contributed by atoms with E-state index < -0.39 is 0 Å². The number of para-hydroxylation sites is 1. The van der Waals surface area contributed by atoms with Crippen LogP contribution in [0, 0.1) is 6.92 Å². The fraction of sp³-hybridized carbons (Fsp3) is 0.417. The predicted octanol–water partition coefficient (Wildman–Crippen LogP) is 4.92. The maximum absolute atomic E-state index is 6.28. The van der Waals surface area contributed by atoms with Crippen molar-refractivity contribution in [3.05, 3.63) is 52.7 Å². The molecule has 0 N–H and O–H groups in total. The first-order chi connectivity index (χ1) is 14.7. The minimum atomic E-state index is 0.622. The smallest absolute Gasteiger partial charge is 0.184 e. The standard InChI is InChI=1S/C24H27ClN2O3/c1-17-7-8-19(25)23-22(17)18(16-30-23)4-3-9-26-10-12-27(13-11-26)20-5-2-6-21-24(20)29-15-14-28-21/h2,5-8,16H,3-4,9-15H2,1H3. The molecule has 0 unspecified atom stereocenters. The van der Waals surface area contributed by atoms with E-state index in [2.05, 4.69) is 34.9 Å². The molecule has 6 heteroatoms. The molecule has 2 aliphatic heterocycles. The van der Waals surface area contributed by atoms with E-state index in [-0.39, 0.29) is 0 Å². The van der Waals surface area contributed by atoms with Crippen LogP contribution in [0.1, 0.15) is 17.5 Å². The van der Waals surface area contributed by atoms with Crippen molar-refractivity contribution in [2.75, 3.05) is 50.8 Å². The zero-order valence-electron chi connectivity index (χ0n) is 17.3. The number of benzene rings is 2. The molecule has 2 aromatic carbocycles. The zero-order valence-corrected chi connectivity index (χ0v) is 18.1. The van der Waals surface area contributed by atoms with E-state index in [0.717, 1.165) is 68.3 Å². The average molecular weight is 427 g/mol. The van der Waals surface area contributed by atoms with Crippen LogP contribution in [-0.4, -0.2) is 50.8 Å². The summed E-state index contributed by atoms with van der Waals surface area (Å²) in [6.45, 7) is 8.58. The lowest BCUT2D eigenvalue weighted by molar-refractivity contribution is 0.171. The molecule has 0 radical (unpaired) electrons. The first kappa shape index (κ1) is 19.6. The number of aryl methyl sites for hydroxylation is 2. The van der Waals surface area contributed by atoms with Crippen LogP contribution >= 0.6 is 11.6 Å². The van der Waals surface area contributed by atoms with Crippen LogP contribution in [-0.2, 0) is 6.42 Å². The van der Waals surface area contributed by atoms with Gasteiger partial charge in [0, 0.05) is 31.6 Å².